The average molecular weight is 385 g/mol. The Labute approximate surface area is 163 Å². The van der Waals surface area contributed by atoms with E-state index in [0.717, 1.165) is 42.1 Å². The molecule has 1 heterocycles. The molecule has 8 heteroatoms. The standard InChI is InChI=1S/C20H27N5O3/c26-18(10-11-21-20(28)23-15-6-2-1-3-7-15)24-25-19(27)12-14-13-22-17-9-5-4-8-16(14)17/h4-5,8-9,13,15,22H,1-3,6-7,10-12H2,(H,24,26)(H,25,27)(H2,21,23,28). The molecule has 28 heavy (non-hydrogen) atoms. The molecule has 1 fully saturated rings. The van der Waals surface area contributed by atoms with Gasteiger partial charge in [-0.2, -0.15) is 0 Å². The van der Waals surface area contributed by atoms with Gasteiger partial charge >= 0.3 is 6.03 Å². The molecule has 0 saturated heterocycles. The number of aromatic nitrogens is 1. The van der Waals surface area contributed by atoms with Crippen molar-refractivity contribution >= 4 is 28.7 Å². The summed E-state index contributed by atoms with van der Waals surface area (Å²) in [4.78, 5) is 38.8. The second-order valence-corrected chi connectivity index (χ2v) is 7.12. The van der Waals surface area contributed by atoms with Crippen LogP contribution < -0.4 is 21.5 Å². The summed E-state index contributed by atoms with van der Waals surface area (Å²) in [5.41, 5.74) is 6.62. The van der Waals surface area contributed by atoms with Crippen LogP contribution in [0.25, 0.3) is 10.9 Å². The molecule has 1 aromatic carbocycles. The van der Waals surface area contributed by atoms with Gasteiger partial charge in [0.1, 0.15) is 0 Å². The van der Waals surface area contributed by atoms with Gasteiger partial charge in [-0.1, -0.05) is 37.5 Å². The van der Waals surface area contributed by atoms with Gasteiger partial charge in [0.15, 0.2) is 0 Å². The van der Waals surface area contributed by atoms with E-state index < -0.39 is 0 Å². The normalized spacial score (nSPS) is 14.4. The van der Waals surface area contributed by atoms with Crippen molar-refractivity contribution in [1.82, 2.24) is 26.5 Å². The highest BCUT2D eigenvalue weighted by atomic mass is 16.2. The number of urea groups is 1. The minimum Gasteiger partial charge on any atom is -0.361 e. The number of para-hydroxylation sites is 1. The number of hydrogen-bond donors (Lipinski definition) is 5. The van der Waals surface area contributed by atoms with Crippen molar-refractivity contribution < 1.29 is 14.4 Å². The summed E-state index contributed by atoms with van der Waals surface area (Å²) in [6.07, 6.45) is 7.58. The third-order valence-corrected chi connectivity index (χ3v) is 4.95. The Morgan fingerprint density at radius 2 is 1.75 bits per heavy atom. The van der Waals surface area contributed by atoms with Crippen LogP contribution in [-0.4, -0.2) is 35.4 Å². The molecule has 150 valence electrons. The second-order valence-electron chi connectivity index (χ2n) is 7.12. The van der Waals surface area contributed by atoms with Crippen LogP contribution in [0.4, 0.5) is 4.79 Å². The number of carbonyl (C=O) groups excluding carboxylic acids is 3. The van der Waals surface area contributed by atoms with Crippen molar-refractivity contribution in [3.8, 4) is 0 Å². The lowest BCUT2D eigenvalue weighted by Gasteiger charge is -2.22. The van der Waals surface area contributed by atoms with E-state index in [4.69, 9.17) is 0 Å². The van der Waals surface area contributed by atoms with Crippen LogP contribution in [0, 0.1) is 0 Å². The SMILES string of the molecule is O=C(CCNC(=O)NC1CCCCC1)NNC(=O)Cc1c[nH]c2ccccc12. The zero-order valence-electron chi connectivity index (χ0n) is 15.8. The minimum atomic E-state index is -0.356. The van der Waals surface area contributed by atoms with Crippen molar-refractivity contribution in [1.29, 1.82) is 0 Å². The highest BCUT2D eigenvalue weighted by molar-refractivity contribution is 5.89. The Balaban J connectivity index is 1.31. The van der Waals surface area contributed by atoms with Gasteiger partial charge < -0.3 is 15.6 Å². The van der Waals surface area contributed by atoms with Crippen LogP contribution in [0.1, 0.15) is 44.1 Å². The molecule has 4 amide bonds. The maximum absolute atomic E-state index is 12.0. The van der Waals surface area contributed by atoms with Crippen LogP contribution >= 0.6 is 0 Å². The van der Waals surface area contributed by atoms with Gasteiger partial charge in [-0.25, -0.2) is 4.79 Å². The van der Waals surface area contributed by atoms with Crippen molar-refractivity contribution in [3.63, 3.8) is 0 Å². The number of rotatable bonds is 6. The number of hydrogen-bond acceptors (Lipinski definition) is 3. The number of fused-ring (bicyclic) bond motifs is 1. The van der Waals surface area contributed by atoms with Gasteiger partial charge in [-0.3, -0.25) is 20.4 Å². The van der Waals surface area contributed by atoms with E-state index in [1.165, 1.54) is 6.42 Å². The van der Waals surface area contributed by atoms with Gasteiger partial charge in [-0.15, -0.1) is 0 Å². The largest absolute Gasteiger partial charge is 0.361 e. The molecular weight excluding hydrogens is 358 g/mol. The number of benzene rings is 1. The van der Waals surface area contributed by atoms with Crippen molar-refractivity contribution in [2.45, 2.75) is 51.0 Å². The lowest BCUT2D eigenvalue weighted by atomic mass is 9.96. The molecule has 1 saturated carbocycles. The number of carbonyl (C=O) groups is 3. The number of aromatic amines is 1. The Kier molecular flexibility index (Phi) is 6.89. The third kappa shape index (κ3) is 5.73. The average Bonchev–Trinajstić information content (AvgIpc) is 3.10. The molecule has 0 atom stereocenters. The van der Waals surface area contributed by atoms with Crippen LogP contribution in [0.5, 0.6) is 0 Å². The molecule has 1 aliphatic rings. The summed E-state index contributed by atoms with van der Waals surface area (Å²) in [5, 5.41) is 6.59. The molecule has 0 bridgehead atoms. The van der Waals surface area contributed by atoms with Crippen molar-refractivity contribution in [2.75, 3.05) is 6.54 Å². The molecule has 2 aromatic rings. The van der Waals surface area contributed by atoms with Crippen LogP contribution in [0.2, 0.25) is 0 Å². The van der Waals surface area contributed by atoms with Crippen LogP contribution in [0.15, 0.2) is 30.5 Å². The van der Waals surface area contributed by atoms with Gasteiger partial charge in [0.05, 0.1) is 6.42 Å². The molecule has 5 N–H and O–H groups in total. The first-order valence-electron chi connectivity index (χ1n) is 9.79. The fourth-order valence-electron chi connectivity index (χ4n) is 3.47. The van der Waals surface area contributed by atoms with E-state index >= 15 is 0 Å². The number of nitrogens with one attached hydrogen (secondary N) is 5. The molecule has 1 aliphatic carbocycles. The maximum atomic E-state index is 12.0. The van der Waals surface area contributed by atoms with E-state index in [2.05, 4.69) is 26.5 Å². The summed E-state index contributed by atoms with van der Waals surface area (Å²) in [5.74, 6) is -0.661. The third-order valence-electron chi connectivity index (χ3n) is 4.95. The van der Waals surface area contributed by atoms with E-state index in [1.54, 1.807) is 6.20 Å². The lowest BCUT2D eigenvalue weighted by Crippen LogP contribution is -2.45. The summed E-state index contributed by atoms with van der Waals surface area (Å²) >= 11 is 0. The predicted molar refractivity (Wildman–Crippen MR) is 106 cm³/mol. The van der Waals surface area contributed by atoms with Gasteiger partial charge in [0.25, 0.3) is 0 Å². The van der Waals surface area contributed by atoms with Gasteiger partial charge in [-0.05, 0) is 24.5 Å². The first kappa shape index (κ1) is 19.7. The molecule has 0 unspecified atom stereocenters. The Morgan fingerprint density at radius 3 is 2.57 bits per heavy atom. The van der Waals surface area contributed by atoms with Crippen LogP contribution in [-0.2, 0) is 16.0 Å². The number of hydrazine groups is 1. The van der Waals surface area contributed by atoms with E-state index in [1.807, 2.05) is 24.3 Å². The topological polar surface area (TPSA) is 115 Å². The monoisotopic (exact) mass is 385 g/mol. The fourth-order valence-corrected chi connectivity index (χ4v) is 3.47. The summed E-state index contributed by atoms with van der Waals surface area (Å²) in [6.45, 7) is 0.211. The van der Waals surface area contributed by atoms with Crippen molar-refractivity contribution in [2.24, 2.45) is 0 Å². The summed E-state index contributed by atoms with van der Waals surface area (Å²) < 4.78 is 0. The minimum absolute atomic E-state index is 0.0887. The smallest absolute Gasteiger partial charge is 0.315 e. The van der Waals surface area contributed by atoms with Crippen molar-refractivity contribution in [3.05, 3.63) is 36.0 Å². The van der Waals surface area contributed by atoms with E-state index in [-0.39, 0.29) is 43.3 Å². The quantitative estimate of drug-likeness (QED) is 0.489. The van der Waals surface area contributed by atoms with E-state index in [9.17, 15) is 14.4 Å². The second kappa shape index (κ2) is 9.77. The number of H-pyrrole nitrogens is 1. The fraction of sp³-hybridized carbons (Fsp3) is 0.450. The Bertz CT molecular complexity index is 826. The molecule has 1 aromatic heterocycles. The lowest BCUT2D eigenvalue weighted by molar-refractivity contribution is -0.128. The summed E-state index contributed by atoms with van der Waals surface area (Å²) in [7, 11) is 0. The predicted octanol–water partition coefficient (Wildman–Crippen LogP) is 1.88. The molecule has 3 rings (SSSR count). The molecule has 0 spiro atoms. The molecule has 8 nitrogen and oxygen atoms in total. The first-order valence-corrected chi connectivity index (χ1v) is 9.79. The number of amides is 4. The molecule has 0 aliphatic heterocycles. The van der Waals surface area contributed by atoms with Crippen LogP contribution in [0.3, 0.4) is 0 Å². The van der Waals surface area contributed by atoms with E-state index in [0.29, 0.717) is 0 Å². The summed E-state index contributed by atoms with van der Waals surface area (Å²) in [6, 6.07) is 7.70. The molecular formula is C20H27N5O3. The zero-order valence-corrected chi connectivity index (χ0v) is 15.8. The highest BCUT2D eigenvalue weighted by Crippen LogP contribution is 2.18. The zero-order chi connectivity index (χ0) is 19.8. The maximum Gasteiger partial charge on any atom is 0.315 e. The van der Waals surface area contributed by atoms with Gasteiger partial charge in [0, 0.05) is 36.1 Å². The first-order chi connectivity index (χ1) is 13.6. The Hall–Kier alpha value is -3.03. The van der Waals surface area contributed by atoms with Gasteiger partial charge in [0.2, 0.25) is 11.8 Å². The molecule has 0 radical (unpaired) electrons. The Morgan fingerprint density at radius 1 is 1.00 bits per heavy atom. The highest BCUT2D eigenvalue weighted by Gasteiger charge is 2.15.